The van der Waals surface area contributed by atoms with Crippen LogP contribution in [0.3, 0.4) is 0 Å². The van der Waals surface area contributed by atoms with Crippen molar-refractivity contribution in [2.45, 2.75) is 103 Å². The molecule has 7 rings (SSSR count). The molecule has 0 unspecified atom stereocenters. The Balaban J connectivity index is 0.865. The number of rotatable bonds is 29. The van der Waals surface area contributed by atoms with E-state index in [-0.39, 0.29) is 35.3 Å². The molecule has 0 radical (unpaired) electrons. The Hall–Kier alpha value is -7.86. The van der Waals surface area contributed by atoms with Crippen molar-refractivity contribution in [3.8, 4) is 34.5 Å². The van der Waals surface area contributed by atoms with E-state index in [1.807, 2.05) is 24.3 Å². The number of thiazole rings is 1. The van der Waals surface area contributed by atoms with Crippen molar-refractivity contribution in [3.05, 3.63) is 122 Å². The van der Waals surface area contributed by atoms with Gasteiger partial charge in [-0.2, -0.15) is 5.10 Å². The lowest BCUT2D eigenvalue weighted by molar-refractivity contribution is -0.145. The van der Waals surface area contributed by atoms with E-state index in [0.29, 0.717) is 111 Å². The Morgan fingerprint density at radius 3 is 1.39 bits per heavy atom. The summed E-state index contributed by atoms with van der Waals surface area (Å²) in [6.07, 6.45) is 14.3. The van der Waals surface area contributed by atoms with E-state index in [2.05, 4.69) is 23.2 Å². The third-order valence-electron chi connectivity index (χ3n) is 13.6. The molecule has 0 bridgehead atoms. The normalized spacial score (nSPS) is 17.0. The van der Waals surface area contributed by atoms with E-state index >= 15 is 0 Å². The Morgan fingerprint density at radius 2 is 0.937 bits per heavy atom. The third kappa shape index (κ3) is 18.9. The molecular weight excluding hydrogens is 1030 g/mol. The number of para-hydroxylation sites is 1. The van der Waals surface area contributed by atoms with Gasteiger partial charge in [-0.05, 0) is 182 Å². The summed E-state index contributed by atoms with van der Waals surface area (Å²) < 4.78 is 46.0. The van der Waals surface area contributed by atoms with E-state index in [1.165, 1.54) is 17.6 Å². The molecule has 0 aliphatic heterocycles. The fourth-order valence-electron chi connectivity index (χ4n) is 9.07. The molecular formula is C61H69N3O14S. The number of fused-ring (bicyclic) bond motifs is 1. The predicted molar refractivity (Wildman–Crippen MR) is 299 cm³/mol. The molecule has 4 aromatic carbocycles. The summed E-state index contributed by atoms with van der Waals surface area (Å²) in [6.45, 7) is 8.57. The molecule has 0 atom stereocenters. The molecule has 2 saturated carbocycles. The zero-order valence-corrected chi connectivity index (χ0v) is 45.5. The lowest BCUT2D eigenvalue weighted by Gasteiger charge is -2.26. The molecule has 2 aliphatic rings. The largest absolute Gasteiger partial charge is 0.494 e. The summed E-state index contributed by atoms with van der Waals surface area (Å²) in [6, 6.07) is 26.4. The topological polar surface area (TPSA) is 205 Å². The second-order valence-electron chi connectivity index (χ2n) is 19.4. The SMILES string of the molecule is C=CC(=O)OCCCCCCOc1ccc(OC(=O)C2CCC(C(=O)Oc3ccc(OC(=O)[C@H]4CC[C@@H](C(=O)Oc5ccc(OCCCCCCOC(=O)C=C)cc5)CC4)c(/C=N/N(C)c4nc5ccccc5s4)c3)CC2)cc1. The van der Waals surface area contributed by atoms with Gasteiger partial charge >= 0.3 is 35.8 Å². The number of hydrogen-bond acceptors (Lipinski definition) is 18. The quantitative estimate of drug-likeness (QED) is 0.0109. The van der Waals surface area contributed by atoms with Crippen molar-refractivity contribution in [2.75, 3.05) is 38.5 Å². The van der Waals surface area contributed by atoms with Crippen LogP contribution in [0.2, 0.25) is 0 Å². The zero-order valence-electron chi connectivity index (χ0n) is 44.7. The summed E-state index contributed by atoms with van der Waals surface area (Å²) in [5.41, 5.74) is 1.23. The molecule has 0 amide bonds. The molecule has 18 heteroatoms. The van der Waals surface area contributed by atoms with Gasteiger partial charge in [0.25, 0.3) is 0 Å². The number of carbonyl (C=O) groups is 6. The average molecular weight is 1100 g/mol. The molecule has 1 heterocycles. The van der Waals surface area contributed by atoms with E-state index in [4.69, 9.17) is 37.9 Å². The van der Waals surface area contributed by atoms with Gasteiger partial charge in [0, 0.05) is 24.8 Å². The molecule has 418 valence electrons. The maximum atomic E-state index is 13.8. The molecule has 0 saturated heterocycles. The van der Waals surface area contributed by atoms with Crippen LogP contribution < -0.4 is 33.4 Å². The number of hydrazone groups is 1. The first-order valence-corrected chi connectivity index (χ1v) is 27.9. The molecule has 0 spiro atoms. The second kappa shape index (κ2) is 30.9. The summed E-state index contributed by atoms with van der Waals surface area (Å²) >= 11 is 1.47. The minimum atomic E-state index is -0.461. The standard InChI is InChI=1S/C61H69N3O14S/c1-4-55(65)73-38-14-8-6-12-36-71-47-26-30-49(31-27-47)75-57(67)42-18-20-44(21-19-42)59(69)77-51-34-35-53(46(40-51)41-62-64(3)61-63-52-16-10-11-17-54(52)79-61)78-60(70)45-24-22-43(23-25-45)58(68)76-50-32-28-48(29-33-50)72-37-13-7-9-15-39-74-56(66)5-2/h4-5,10-11,16-17,26-35,40-45H,1-2,6-9,12-15,18-25,36-39H2,3H3/b62-41+/t42?,43-,44?,45+. The van der Waals surface area contributed by atoms with Crippen LogP contribution in [-0.4, -0.2) is 80.5 Å². The maximum absolute atomic E-state index is 13.8. The highest BCUT2D eigenvalue weighted by atomic mass is 32.1. The number of anilines is 1. The summed E-state index contributed by atoms with van der Waals surface area (Å²) in [5.74, 6) is -1.47. The number of unbranched alkanes of at least 4 members (excludes halogenated alkanes) is 6. The maximum Gasteiger partial charge on any atom is 0.330 e. The van der Waals surface area contributed by atoms with Crippen LogP contribution in [0.1, 0.15) is 108 Å². The molecule has 79 heavy (non-hydrogen) atoms. The van der Waals surface area contributed by atoms with Gasteiger partial charge in [-0.3, -0.25) is 19.2 Å². The first-order chi connectivity index (χ1) is 38.4. The molecule has 17 nitrogen and oxygen atoms in total. The lowest BCUT2D eigenvalue weighted by atomic mass is 9.82. The molecule has 0 N–H and O–H groups in total. The Morgan fingerprint density at radius 1 is 0.532 bits per heavy atom. The first-order valence-electron chi connectivity index (χ1n) is 27.1. The number of aromatic nitrogens is 1. The van der Waals surface area contributed by atoms with Crippen molar-refractivity contribution in [2.24, 2.45) is 28.8 Å². The average Bonchev–Trinajstić information content (AvgIpc) is 3.94. The number of carbonyl (C=O) groups excluding carboxylic acids is 6. The highest BCUT2D eigenvalue weighted by molar-refractivity contribution is 7.22. The van der Waals surface area contributed by atoms with E-state index < -0.39 is 35.7 Å². The van der Waals surface area contributed by atoms with Crippen molar-refractivity contribution in [3.63, 3.8) is 0 Å². The minimum Gasteiger partial charge on any atom is -0.494 e. The van der Waals surface area contributed by atoms with E-state index in [0.717, 1.165) is 73.7 Å². The number of esters is 6. The first kappa shape index (κ1) is 58.8. The summed E-state index contributed by atoms with van der Waals surface area (Å²) in [4.78, 5) is 80.7. The van der Waals surface area contributed by atoms with Gasteiger partial charge in [0.05, 0.1) is 66.5 Å². The summed E-state index contributed by atoms with van der Waals surface area (Å²) in [7, 11) is 1.76. The van der Waals surface area contributed by atoms with Gasteiger partial charge in [0.2, 0.25) is 5.13 Å². The number of ether oxygens (including phenoxy) is 8. The monoisotopic (exact) mass is 1100 g/mol. The highest BCUT2D eigenvalue weighted by Gasteiger charge is 2.34. The minimum absolute atomic E-state index is 0.221. The van der Waals surface area contributed by atoms with Crippen LogP contribution in [0, 0.1) is 23.7 Å². The number of hydrogen-bond donors (Lipinski definition) is 0. The van der Waals surface area contributed by atoms with Crippen LogP contribution in [0.4, 0.5) is 5.13 Å². The Bertz CT molecular complexity index is 2840. The number of nitrogens with zero attached hydrogens (tertiary/aromatic N) is 3. The van der Waals surface area contributed by atoms with Crippen LogP contribution >= 0.6 is 11.3 Å². The van der Waals surface area contributed by atoms with Gasteiger partial charge in [0.1, 0.15) is 34.5 Å². The smallest absolute Gasteiger partial charge is 0.330 e. The van der Waals surface area contributed by atoms with Crippen LogP contribution in [0.15, 0.2) is 121 Å². The highest BCUT2D eigenvalue weighted by Crippen LogP contribution is 2.35. The van der Waals surface area contributed by atoms with Crippen molar-refractivity contribution < 1.29 is 66.7 Å². The van der Waals surface area contributed by atoms with Gasteiger partial charge < -0.3 is 37.9 Å². The Kier molecular flexibility index (Phi) is 23.0. The lowest BCUT2D eigenvalue weighted by Crippen LogP contribution is -2.30. The van der Waals surface area contributed by atoms with Gasteiger partial charge in [0.15, 0.2) is 0 Å². The fourth-order valence-corrected chi connectivity index (χ4v) is 9.95. The van der Waals surface area contributed by atoms with Gasteiger partial charge in [-0.25, -0.2) is 19.6 Å². The van der Waals surface area contributed by atoms with Gasteiger partial charge in [-0.15, -0.1) is 0 Å². The summed E-state index contributed by atoms with van der Waals surface area (Å²) in [5, 5.41) is 6.90. The molecule has 5 aromatic rings. The molecule has 2 fully saturated rings. The fraction of sp³-hybridized carbons (Fsp3) is 0.410. The van der Waals surface area contributed by atoms with E-state index in [9.17, 15) is 28.8 Å². The van der Waals surface area contributed by atoms with E-state index in [1.54, 1.807) is 78.8 Å². The van der Waals surface area contributed by atoms with Crippen molar-refractivity contribution in [1.82, 2.24) is 4.98 Å². The number of benzene rings is 4. The van der Waals surface area contributed by atoms with Crippen LogP contribution in [0.5, 0.6) is 34.5 Å². The van der Waals surface area contributed by atoms with Crippen LogP contribution in [0.25, 0.3) is 10.2 Å². The van der Waals surface area contributed by atoms with Crippen molar-refractivity contribution in [1.29, 1.82) is 0 Å². The second-order valence-corrected chi connectivity index (χ2v) is 20.4. The van der Waals surface area contributed by atoms with Gasteiger partial charge in [-0.1, -0.05) is 36.6 Å². The predicted octanol–water partition coefficient (Wildman–Crippen LogP) is 11.7. The molecule has 2 aliphatic carbocycles. The van der Waals surface area contributed by atoms with Crippen molar-refractivity contribution >= 4 is 68.7 Å². The third-order valence-corrected chi connectivity index (χ3v) is 14.8. The molecule has 1 aromatic heterocycles. The van der Waals surface area contributed by atoms with Crippen LogP contribution in [-0.2, 0) is 38.2 Å². The zero-order chi connectivity index (χ0) is 55.8. The Labute approximate surface area is 464 Å².